The zero-order valence-electron chi connectivity index (χ0n) is 10.9. The SMILES string of the molecule is Cc1cc(C)n(C(=O)[C@H]2[C@@H](C=C(Cl)Cl)C2(C)C)n1. The van der Waals surface area contributed by atoms with Gasteiger partial charge in [-0.2, -0.15) is 5.10 Å². The van der Waals surface area contributed by atoms with E-state index in [0.29, 0.717) is 0 Å². The van der Waals surface area contributed by atoms with Gasteiger partial charge in [0.25, 0.3) is 5.91 Å². The lowest BCUT2D eigenvalue weighted by Gasteiger charge is -2.03. The summed E-state index contributed by atoms with van der Waals surface area (Å²) in [5.74, 6) is -0.0108. The Hall–Kier alpha value is -0.800. The van der Waals surface area contributed by atoms with Gasteiger partial charge in [-0.3, -0.25) is 4.79 Å². The van der Waals surface area contributed by atoms with Gasteiger partial charge in [0.05, 0.1) is 11.6 Å². The third kappa shape index (κ3) is 2.21. The molecule has 98 valence electrons. The zero-order valence-corrected chi connectivity index (χ0v) is 12.4. The maximum absolute atomic E-state index is 12.4. The Balaban J connectivity index is 2.27. The van der Waals surface area contributed by atoms with Crippen LogP contribution in [0.15, 0.2) is 16.6 Å². The summed E-state index contributed by atoms with van der Waals surface area (Å²) in [6.07, 6.45) is 1.75. The highest BCUT2D eigenvalue weighted by Gasteiger charge is 2.61. The van der Waals surface area contributed by atoms with Gasteiger partial charge < -0.3 is 0 Å². The summed E-state index contributed by atoms with van der Waals surface area (Å²) < 4.78 is 1.70. The topological polar surface area (TPSA) is 34.9 Å². The van der Waals surface area contributed by atoms with Gasteiger partial charge in [0.15, 0.2) is 0 Å². The molecule has 1 fully saturated rings. The van der Waals surface area contributed by atoms with Crippen molar-refractivity contribution in [2.45, 2.75) is 27.7 Å². The molecular weight excluding hydrogens is 271 g/mol. The molecule has 0 N–H and O–H groups in total. The molecule has 0 aromatic carbocycles. The molecule has 5 heteroatoms. The molecular formula is C13H16Cl2N2O. The first kappa shape index (κ1) is 13.6. The smallest absolute Gasteiger partial charge is 0.251 e. The van der Waals surface area contributed by atoms with E-state index in [1.807, 2.05) is 33.8 Å². The number of carbonyl (C=O) groups excluding carboxylic acids is 1. The molecule has 1 aliphatic carbocycles. The summed E-state index contributed by atoms with van der Waals surface area (Å²) in [5, 5.41) is 4.23. The quantitative estimate of drug-likeness (QED) is 0.830. The van der Waals surface area contributed by atoms with Crippen LogP contribution in [0.25, 0.3) is 0 Å². The van der Waals surface area contributed by atoms with Gasteiger partial charge in [-0.25, -0.2) is 4.68 Å². The molecule has 2 atom stereocenters. The van der Waals surface area contributed by atoms with Crippen molar-refractivity contribution in [3.8, 4) is 0 Å². The van der Waals surface area contributed by atoms with E-state index in [9.17, 15) is 4.79 Å². The van der Waals surface area contributed by atoms with Gasteiger partial charge >= 0.3 is 0 Å². The van der Waals surface area contributed by atoms with E-state index in [-0.39, 0.29) is 27.6 Å². The monoisotopic (exact) mass is 286 g/mol. The van der Waals surface area contributed by atoms with Crippen LogP contribution in [0.3, 0.4) is 0 Å². The summed E-state index contributed by atoms with van der Waals surface area (Å²) in [7, 11) is 0. The number of aromatic nitrogens is 2. The molecule has 0 spiro atoms. The highest BCUT2D eigenvalue weighted by Crippen LogP contribution is 2.60. The second kappa shape index (κ2) is 4.39. The number of hydrogen-bond acceptors (Lipinski definition) is 2. The fourth-order valence-electron chi connectivity index (χ4n) is 2.58. The second-order valence-electron chi connectivity index (χ2n) is 5.46. The maximum atomic E-state index is 12.4. The lowest BCUT2D eigenvalue weighted by atomic mass is 10.1. The summed E-state index contributed by atoms with van der Waals surface area (Å²) >= 11 is 11.4. The van der Waals surface area contributed by atoms with Crippen LogP contribution in [-0.4, -0.2) is 15.7 Å². The Morgan fingerprint density at radius 1 is 1.44 bits per heavy atom. The molecule has 1 saturated carbocycles. The molecule has 0 unspecified atom stereocenters. The average Bonchev–Trinajstić information content (AvgIpc) is 2.58. The van der Waals surface area contributed by atoms with Crippen LogP contribution in [0.5, 0.6) is 0 Å². The molecule has 1 heterocycles. The minimum Gasteiger partial charge on any atom is -0.272 e. The first-order chi connectivity index (χ1) is 8.25. The first-order valence-corrected chi connectivity index (χ1v) is 6.61. The van der Waals surface area contributed by atoms with E-state index in [2.05, 4.69) is 5.10 Å². The Bertz CT molecular complexity index is 527. The third-order valence-corrected chi connectivity index (χ3v) is 3.95. The van der Waals surface area contributed by atoms with Crippen molar-refractivity contribution in [1.82, 2.24) is 9.78 Å². The zero-order chi connectivity index (χ0) is 13.7. The van der Waals surface area contributed by atoms with Crippen molar-refractivity contribution in [1.29, 1.82) is 0 Å². The van der Waals surface area contributed by atoms with Crippen molar-refractivity contribution in [3.05, 3.63) is 28.0 Å². The van der Waals surface area contributed by atoms with Gasteiger partial charge in [0, 0.05) is 5.69 Å². The van der Waals surface area contributed by atoms with Crippen LogP contribution < -0.4 is 0 Å². The molecule has 0 radical (unpaired) electrons. The van der Waals surface area contributed by atoms with E-state index in [1.165, 1.54) is 4.68 Å². The van der Waals surface area contributed by atoms with Gasteiger partial charge in [0.1, 0.15) is 4.49 Å². The van der Waals surface area contributed by atoms with Crippen LogP contribution in [0, 0.1) is 31.1 Å². The lowest BCUT2D eigenvalue weighted by molar-refractivity contribution is 0.0849. The predicted molar refractivity (Wildman–Crippen MR) is 72.9 cm³/mol. The van der Waals surface area contributed by atoms with Gasteiger partial charge in [-0.05, 0) is 37.3 Å². The molecule has 1 aromatic heterocycles. The van der Waals surface area contributed by atoms with Crippen LogP contribution in [-0.2, 0) is 0 Å². The molecule has 1 aromatic rings. The Morgan fingerprint density at radius 2 is 2.06 bits per heavy atom. The number of aryl methyl sites for hydroxylation is 2. The molecule has 1 aliphatic rings. The van der Waals surface area contributed by atoms with E-state index in [1.54, 1.807) is 6.08 Å². The Labute approximate surface area is 117 Å². The molecule has 18 heavy (non-hydrogen) atoms. The predicted octanol–water partition coefficient (Wildman–Crippen LogP) is 3.73. The number of hydrogen-bond donors (Lipinski definition) is 0. The number of halogens is 2. The molecule has 2 rings (SSSR count). The standard InChI is InChI=1S/C13H16Cl2N2O/c1-7-5-8(2)17(16-7)12(18)11-9(6-10(14)15)13(11,3)4/h5-6,9,11H,1-4H3/t9-,11-/m1/s1. The first-order valence-electron chi connectivity index (χ1n) is 5.85. The summed E-state index contributed by atoms with van der Waals surface area (Å²) in [6, 6.07) is 1.90. The minimum atomic E-state index is -0.113. The maximum Gasteiger partial charge on any atom is 0.251 e. The van der Waals surface area contributed by atoms with Crippen molar-refractivity contribution < 1.29 is 4.79 Å². The largest absolute Gasteiger partial charge is 0.272 e. The third-order valence-electron chi connectivity index (χ3n) is 3.70. The lowest BCUT2D eigenvalue weighted by Crippen LogP contribution is -2.18. The van der Waals surface area contributed by atoms with E-state index in [0.717, 1.165) is 11.4 Å². The highest BCUT2D eigenvalue weighted by molar-refractivity contribution is 6.55. The molecule has 0 aliphatic heterocycles. The molecule has 0 bridgehead atoms. The number of allylic oxidation sites excluding steroid dienone is 1. The fraction of sp³-hybridized carbons (Fsp3) is 0.538. The van der Waals surface area contributed by atoms with Crippen LogP contribution in [0.4, 0.5) is 0 Å². The van der Waals surface area contributed by atoms with Crippen molar-refractivity contribution >= 4 is 29.1 Å². The van der Waals surface area contributed by atoms with Crippen LogP contribution in [0.2, 0.25) is 0 Å². The van der Waals surface area contributed by atoms with Gasteiger partial charge in [-0.15, -0.1) is 0 Å². The molecule has 0 amide bonds. The second-order valence-corrected chi connectivity index (χ2v) is 6.47. The number of nitrogens with zero attached hydrogens (tertiary/aromatic N) is 2. The van der Waals surface area contributed by atoms with Crippen molar-refractivity contribution in [3.63, 3.8) is 0 Å². The van der Waals surface area contributed by atoms with Gasteiger partial charge in [0.2, 0.25) is 0 Å². The fourth-order valence-corrected chi connectivity index (χ4v) is 2.85. The van der Waals surface area contributed by atoms with Crippen LogP contribution in [0.1, 0.15) is 30.0 Å². The van der Waals surface area contributed by atoms with E-state index in [4.69, 9.17) is 23.2 Å². The van der Waals surface area contributed by atoms with Crippen molar-refractivity contribution in [2.24, 2.45) is 17.3 Å². The van der Waals surface area contributed by atoms with Gasteiger partial charge in [-0.1, -0.05) is 37.0 Å². The summed E-state index contributed by atoms with van der Waals surface area (Å²) in [4.78, 5) is 12.4. The molecule has 0 saturated heterocycles. The summed E-state index contributed by atoms with van der Waals surface area (Å²) in [5.41, 5.74) is 1.60. The average molecular weight is 287 g/mol. The molecule has 3 nitrogen and oxygen atoms in total. The summed E-state index contributed by atoms with van der Waals surface area (Å²) in [6.45, 7) is 7.84. The van der Waals surface area contributed by atoms with E-state index >= 15 is 0 Å². The van der Waals surface area contributed by atoms with Crippen LogP contribution >= 0.6 is 23.2 Å². The number of carbonyl (C=O) groups is 1. The van der Waals surface area contributed by atoms with E-state index < -0.39 is 0 Å². The Morgan fingerprint density at radius 3 is 2.50 bits per heavy atom. The Kier molecular flexibility index (Phi) is 3.32. The normalized spacial score (nSPS) is 24.8. The minimum absolute atomic E-state index is 0.0152. The van der Waals surface area contributed by atoms with Crippen molar-refractivity contribution in [2.75, 3.05) is 0 Å². The number of rotatable bonds is 2. The highest BCUT2D eigenvalue weighted by atomic mass is 35.5.